The van der Waals surface area contributed by atoms with Crippen LogP contribution in [-0.2, 0) is 15.3 Å². The van der Waals surface area contributed by atoms with E-state index in [9.17, 15) is 4.79 Å². The van der Waals surface area contributed by atoms with Crippen molar-refractivity contribution in [1.29, 1.82) is 0 Å². The van der Waals surface area contributed by atoms with Crippen LogP contribution in [0.5, 0.6) is 17.2 Å². The Morgan fingerprint density at radius 1 is 0.938 bits per heavy atom. The summed E-state index contributed by atoms with van der Waals surface area (Å²) in [5.74, 6) is 2.37. The first-order valence-corrected chi connectivity index (χ1v) is 11.2. The van der Waals surface area contributed by atoms with E-state index >= 15 is 0 Å². The fourth-order valence-corrected chi connectivity index (χ4v) is 4.55. The van der Waals surface area contributed by atoms with E-state index in [1.54, 1.807) is 12.1 Å². The molecule has 5 rings (SSSR count). The highest BCUT2D eigenvalue weighted by molar-refractivity contribution is 6.30. The molecule has 164 valence electrons. The molecule has 3 aromatic rings. The molecule has 0 saturated carbocycles. The van der Waals surface area contributed by atoms with Gasteiger partial charge in [0.05, 0.1) is 6.54 Å². The van der Waals surface area contributed by atoms with Crippen molar-refractivity contribution >= 4 is 17.5 Å². The average molecular weight is 450 g/mol. The summed E-state index contributed by atoms with van der Waals surface area (Å²) in [6.07, 6.45) is 1.88. The summed E-state index contributed by atoms with van der Waals surface area (Å²) in [6.45, 7) is 0.872. The van der Waals surface area contributed by atoms with E-state index in [1.807, 2.05) is 71.6 Å². The Bertz CT molecular complexity index is 1070. The molecule has 0 bridgehead atoms. The third kappa shape index (κ3) is 4.18. The Morgan fingerprint density at radius 2 is 1.62 bits per heavy atom. The monoisotopic (exact) mass is 449 g/mol. The van der Waals surface area contributed by atoms with Gasteiger partial charge in [0.25, 0.3) is 0 Å². The van der Waals surface area contributed by atoms with Gasteiger partial charge in [-0.25, -0.2) is 0 Å². The molecule has 0 unspecified atom stereocenters. The Labute approximate surface area is 192 Å². The molecule has 2 saturated heterocycles. The molecule has 5 nitrogen and oxygen atoms in total. The number of amides is 1. The predicted molar refractivity (Wildman–Crippen MR) is 122 cm³/mol. The van der Waals surface area contributed by atoms with Crippen LogP contribution in [0.1, 0.15) is 24.8 Å². The third-order valence-electron chi connectivity index (χ3n) is 5.93. The highest BCUT2D eigenvalue weighted by atomic mass is 35.5. The van der Waals surface area contributed by atoms with Crippen LogP contribution in [0, 0.1) is 0 Å². The zero-order valence-corrected chi connectivity index (χ0v) is 18.3. The van der Waals surface area contributed by atoms with Crippen LogP contribution in [0.2, 0.25) is 5.02 Å². The lowest BCUT2D eigenvalue weighted by Crippen LogP contribution is -2.48. The molecule has 2 fully saturated rings. The minimum Gasteiger partial charge on any atom is -0.491 e. The summed E-state index contributed by atoms with van der Waals surface area (Å²) >= 11 is 5.95. The molecule has 0 radical (unpaired) electrons. The number of fused-ring (bicyclic) bond motifs is 1. The molecule has 32 heavy (non-hydrogen) atoms. The van der Waals surface area contributed by atoms with Crippen LogP contribution in [0.15, 0.2) is 78.9 Å². The van der Waals surface area contributed by atoms with Crippen molar-refractivity contribution in [2.45, 2.75) is 31.1 Å². The van der Waals surface area contributed by atoms with Gasteiger partial charge in [0.15, 0.2) is 5.72 Å². The van der Waals surface area contributed by atoms with E-state index in [0.717, 1.165) is 35.7 Å². The van der Waals surface area contributed by atoms with Gasteiger partial charge in [0.2, 0.25) is 5.91 Å². The van der Waals surface area contributed by atoms with E-state index in [2.05, 4.69) is 0 Å². The molecule has 0 aromatic heterocycles. The lowest BCUT2D eigenvalue weighted by molar-refractivity contribution is -0.166. The zero-order chi connectivity index (χ0) is 22.0. The molecular weight excluding hydrogens is 426 g/mol. The first-order chi connectivity index (χ1) is 15.6. The molecule has 0 spiro atoms. The smallest absolute Gasteiger partial charge is 0.225 e. The maximum Gasteiger partial charge on any atom is 0.225 e. The lowest BCUT2D eigenvalue weighted by Gasteiger charge is -2.41. The summed E-state index contributed by atoms with van der Waals surface area (Å²) < 4.78 is 18.4. The number of halogens is 1. The summed E-state index contributed by atoms with van der Waals surface area (Å²) in [6, 6.07) is 24.7. The largest absolute Gasteiger partial charge is 0.491 e. The van der Waals surface area contributed by atoms with Crippen LogP contribution in [-0.4, -0.2) is 30.1 Å². The molecule has 0 aliphatic carbocycles. The topological polar surface area (TPSA) is 48.0 Å². The molecule has 6 heteroatoms. The molecule has 2 aliphatic heterocycles. The Morgan fingerprint density at radius 3 is 2.38 bits per heavy atom. The lowest BCUT2D eigenvalue weighted by atomic mass is 9.91. The van der Waals surface area contributed by atoms with Crippen LogP contribution in [0.3, 0.4) is 0 Å². The van der Waals surface area contributed by atoms with E-state index in [1.165, 1.54) is 0 Å². The van der Waals surface area contributed by atoms with E-state index in [0.29, 0.717) is 24.6 Å². The van der Waals surface area contributed by atoms with Gasteiger partial charge in [-0.2, -0.15) is 0 Å². The summed E-state index contributed by atoms with van der Waals surface area (Å²) in [5.41, 5.74) is 0.203. The minimum atomic E-state index is -0.755. The number of piperidine rings is 1. The fraction of sp³-hybridized carbons (Fsp3) is 0.269. The molecule has 2 atom stereocenters. The van der Waals surface area contributed by atoms with Crippen LogP contribution < -0.4 is 9.47 Å². The fourth-order valence-electron chi connectivity index (χ4n) is 4.42. The van der Waals surface area contributed by atoms with Gasteiger partial charge in [-0.3, -0.25) is 4.79 Å². The Kier molecular flexibility index (Phi) is 5.77. The summed E-state index contributed by atoms with van der Waals surface area (Å²) in [7, 11) is 0. The number of rotatable bonds is 6. The number of para-hydroxylation sites is 1. The second-order valence-electron chi connectivity index (χ2n) is 8.09. The van der Waals surface area contributed by atoms with Crippen LogP contribution >= 0.6 is 11.6 Å². The minimum absolute atomic E-state index is 0.120. The zero-order valence-electron chi connectivity index (χ0n) is 17.6. The first-order valence-electron chi connectivity index (χ1n) is 10.8. The highest BCUT2D eigenvalue weighted by Gasteiger charge is 2.52. The summed E-state index contributed by atoms with van der Waals surface area (Å²) in [5, 5.41) is 0.663. The third-order valence-corrected chi connectivity index (χ3v) is 6.18. The van der Waals surface area contributed by atoms with Crippen molar-refractivity contribution in [3.8, 4) is 17.2 Å². The molecule has 2 heterocycles. The van der Waals surface area contributed by atoms with Crippen molar-refractivity contribution in [2.24, 2.45) is 0 Å². The van der Waals surface area contributed by atoms with E-state index in [-0.39, 0.29) is 12.0 Å². The van der Waals surface area contributed by atoms with Crippen molar-refractivity contribution in [3.63, 3.8) is 0 Å². The molecule has 2 aliphatic rings. The van der Waals surface area contributed by atoms with Gasteiger partial charge < -0.3 is 19.1 Å². The van der Waals surface area contributed by atoms with Gasteiger partial charge in [-0.1, -0.05) is 41.9 Å². The molecule has 3 aromatic carbocycles. The molecule has 0 N–H and O–H groups in total. The van der Waals surface area contributed by atoms with Crippen molar-refractivity contribution in [2.75, 3.05) is 13.2 Å². The normalized spacial score (nSPS) is 22.5. The quantitative estimate of drug-likeness (QED) is 0.479. The van der Waals surface area contributed by atoms with Crippen LogP contribution in [0.4, 0.5) is 0 Å². The van der Waals surface area contributed by atoms with E-state index in [4.69, 9.17) is 25.8 Å². The molecular formula is C26H24ClNO4. The Balaban J connectivity index is 1.33. The van der Waals surface area contributed by atoms with Crippen molar-refractivity contribution < 1.29 is 19.0 Å². The first kappa shape index (κ1) is 20.9. The SMILES string of the molecule is O=C1CCC[C@]2(c3ccc(Oc4ccccc4)cc3)O[C@H](COc3ccc(Cl)cc3)CN12. The van der Waals surface area contributed by atoms with Crippen molar-refractivity contribution in [3.05, 3.63) is 89.4 Å². The van der Waals surface area contributed by atoms with Gasteiger partial charge in [0, 0.05) is 23.4 Å². The van der Waals surface area contributed by atoms with Gasteiger partial charge >= 0.3 is 0 Å². The maximum absolute atomic E-state index is 12.8. The second kappa shape index (κ2) is 8.85. The van der Waals surface area contributed by atoms with Gasteiger partial charge in [-0.15, -0.1) is 0 Å². The second-order valence-corrected chi connectivity index (χ2v) is 8.52. The number of carbonyl (C=O) groups is 1. The van der Waals surface area contributed by atoms with Crippen LogP contribution in [0.25, 0.3) is 0 Å². The number of hydrogen-bond donors (Lipinski definition) is 0. The van der Waals surface area contributed by atoms with Gasteiger partial charge in [-0.05, 0) is 55.0 Å². The number of ether oxygens (including phenoxy) is 3. The number of hydrogen-bond acceptors (Lipinski definition) is 4. The Hall–Kier alpha value is -3.02. The predicted octanol–water partition coefficient (Wildman–Crippen LogP) is 5.78. The van der Waals surface area contributed by atoms with Crippen molar-refractivity contribution in [1.82, 2.24) is 4.90 Å². The van der Waals surface area contributed by atoms with E-state index < -0.39 is 5.72 Å². The number of benzene rings is 3. The number of nitrogens with zero attached hydrogens (tertiary/aromatic N) is 1. The standard InChI is InChI=1S/C26H24ClNO4/c27-20-10-14-21(15-11-20)30-18-24-17-28-25(29)7-4-16-26(28,32-24)19-8-12-23(13-9-19)31-22-5-2-1-3-6-22/h1-3,5-6,8-15,24H,4,7,16-18H2/t24-,26+/m0/s1. The summed E-state index contributed by atoms with van der Waals surface area (Å²) in [4.78, 5) is 14.7. The van der Waals surface area contributed by atoms with Gasteiger partial charge in [0.1, 0.15) is 30.0 Å². The maximum atomic E-state index is 12.8. The average Bonchev–Trinajstić information content (AvgIpc) is 3.21. The number of carbonyl (C=O) groups excluding carboxylic acids is 1. The highest BCUT2D eigenvalue weighted by Crippen LogP contribution is 2.45. The molecule has 1 amide bonds.